The first-order valence-corrected chi connectivity index (χ1v) is 7.49. The third kappa shape index (κ3) is 2.79. The Balaban J connectivity index is 1.52. The summed E-state index contributed by atoms with van der Waals surface area (Å²) in [6.45, 7) is 5.77. The van der Waals surface area contributed by atoms with Gasteiger partial charge in [0, 0.05) is 6.61 Å². The van der Waals surface area contributed by atoms with Crippen molar-refractivity contribution < 1.29 is 19.0 Å². The number of carbonyl (C=O) groups excluding carboxylic acids is 1. The first kappa shape index (κ1) is 13.4. The molecular weight excluding hydrogens is 244 g/mol. The minimum absolute atomic E-state index is 0.0241. The van der Waals surface area contributed by atoms with Gasteiger partial charge in [0.25, 0.3) is 0 Å². The topological polar surface area (TPSA) is 44.8 Å². The van der Waals surface area contributed by atoms with E-state index in [1.807, 2.05) is 0 Å². The number of hydrogen-bond acceptors (Lipinski definition) is 4. The minimum atomic E-state index is -0.185. The van der Waals surface area contributed by atoms with Crippen molar-refractivity contribution in [3.05, 3.63) is 0 Å². The summed E-state index contributed by atoms with van der Waals surface area (Å²) < 4.78 is 16.9. The SMILES string of the molecule is CC1(C)CCC(C(=O)OC2CO[C@@H]3CCO[C@H]23)CC1. The molecule has 3 fully saturated rings. The quantitative estimate of drug-likeness (QED) is 0.721. The minimum Gasteiger partial charge on any atom is -0.457 e. The van der Waals surface area contributed by atoms with Gasteiger partial charge < -0.3 is 14.2 Å². The molecule has 0 N–H and O–H groups in total. The van der Waals surface area contributed by atoms with E-state index in [0.29, 0.717) is 12.0 Å². The Hall–Kier alpha value is -0.610. The molecule has 0 radical (unpaired) electrons. The maximum atomic E-state index is 12.2. The van der Waals surface area contributed by atoms with Crippen LogP contribution in [0.1, 0.15) is 46.0 Å². The molecule has 3 atom stereocenters. The average molecular weight is 268 g/mol. The summed E-state index contributed by atoms with van der Waals surface area (Å²) in [5.74, 6) is 0.0359. The van der Waals surface area contributed by atoms with Crippen molar-refractivity contribution in [3.63, 3.8) is 0 Å². The predicted molar refractivity (Wildman–Crippen MR) is 69.7 cm³/mol. The van der Waals surface area contributed by atoms with E-state index < -0.39 is 0 Å². The highest BCUT2D eigenvalue weighted by molar-refractivity contribution is 5.72. The Morgan fingerprint density at radius 2 is 1.89 bits per heavy atom. The van der Waals surface area contributed by atoms with Crippen LogP contribution >= 0.6 is 0 Å². The highest BCUT2D eigenvalue weighted by Gasteiger charge is 2.44. The van der Waals surface area contributed by atoms with Crippen molar-refractivity contribution in [3.8, 4) is 0 Å². The molecule has 0 aromatic heterocycles. The van der Waals surface area contributed by atoms with Crippen molar-refractivity contribution in [2.75, 3.05) is 13.2 Å². The first-order valence-electron chi connectivity index (χ1n) is 7.49. The fourth-order valence-corrected chi connectivity index (χ4v) is 3.41. The summed E-state index contributed by atoms with van der Waals surface area (Å²) in [6, 6.07) is 0. The van der Waals surface area contributed by atoms with E-state index in [-0.39, 0.29) is 30.2 Å². The lowest BCUT2D eigenvalue weighted by atomic mass is 9.73. The fourth-order valence-electron chi connectivity index (χ4n) is 3.41. The zero-order chi connectivity index (χ0) is 13.5. The highest BCUT2D eigenvalue weighted by atomic mass is 16.6. The number of ether oxygens (including phenoxy) is 3. The van der Waals surface area contributed by atoms with Gasteiger partial charge in [-0.05, 0) is 37.5 Å². The molecule has 108 valence electrons. The molecule has 3 rings (SSSR count). The first-order chi connectivity index (χ1) is 9.05. The molecule has 0 amide bonds. The molecule has 3 aliphatic rings. The average Bonchev–Trinajstić information content (AvgIpc) is 2.94. The largest absolute Gasteiger partial charge is 0.457 e. The van der Waals surface area contributed by atoms with Crippen LogP contribution in [0.4, 0.5) is 0 Å². The number of rotatable bonds is 2. The molecule has 0 aromatic rings. The van der Waals surface area contributed by atoms with Gasteiger partial charge in [-0.2, -0.15) is 0 Å². The van der Waals surface area contributed by atoms with Gasteiger partial charge in [0.05, 0.1) is 18.6 Å². The smallest absolute Gasteiger partial charge is 0.309 e. The van der Waals surface area contributed by atoms with E-state index in [1.165, 1.54) is 0 Å². The lowest BCUT2D eigenvalue weighted by Gasteiger charge is -2.33. The number of hydrogen-bond donors (Lipinski definition) is 0. The van der Waals surface area contributed by atoms with Gasteiger partial charge in [0.1, 0.15) is 6.10 Å². The van der Waals surface area contributed by atoms with Crippen molar-refractivity contribution in [2.45, 2.75) is 64.3 Å². The van der Waals surface area contributed by atoms with Gasteiger partial charge in [-0.25, -0.2) is 0 Å². The van der Waals surface area contributed by atoms with Crippen LogP contribution in [0.3, 0.4) is 0 Å². The molecule has 2 aliphatic heterocycles. The summed E-state index contributed by atoms with van der Waals surface area (Å²) in [5.41, 5.74) is 0.382. The van der Waals surface area contributed by atoms with Gasteiger partial charge in [-0.15, -0.1) is 0 Å². The molecule has 2 heterocycles. The second-order valence-corrected chi connectivity index (χ2v) is 6.91. The Morgan fingerprint density at radius 1 is 1.16 bits per heavy atom. The van der Waals surface area contributed by atoms with Gasteiger partial charge in [-0.3, -0.25) is 4.79 Å². The van der Waals surface area contributed by atoms with Crippen LogP contribution in [-0.4, -0.2) is 37.5 Å². The molecule has 19 heavy (non-hydrogen) atoms. The van der Waals surface area contributed by atoms with Gasteiger partial charge >= 0.3 is 5.97 Å². The van der Waals surface area contributed by atoms with Gasteiger partial charge in [-0.1, -0.05) is 13.8 Å². The molecule has 0 bridgehead atoms. The van der Waals surface area contributed by atoms with Crippen LogP contribution in [0.15, 0.2) is 0 Å². The number of esters is 1. The van der Waals surface area contributed by atoms with E-state index in [9.17, 15) is 4.79 Å². The van der Waals surface area contributed by atoms with Crippen molar-refractivity contribution in [1.29, 1.82) is 0 Å². The van der Waals surface area contributed by atoms with Crippen LogP contribution < -0.4 is 0 Å². The molecule has 4 nitrogen and oxygen atoms in total. The molecule has 1 aliphatic carbocycles. The number of carbonyl (C=O) groups is 1. The van der Waals surface area contributed by atoms with E-state index in [1.54, 1.807) is 0 Å². The molecule has 2 saturated heterocycles. The van der Waals surface area contributed by atoms with Crippen molar-refractivity contribution in [1.82, 2.24) is 0 Å². The maximum absolute atomic E-state index is 12.2. The predicted octanol–water partition coefficient (Wildman–Crippen LogP) is 2.30. The zero-order valence-electron chi connectivity index (χ0n) is 11.9. The van der Waals surface area contributed by atoms with Crippen LogP contribution in [0, 0.1) is 11.3 Å². The molecule has 1 unspecified atom stereocenters. The molecule has 1 saturated carbocycles. The van der Waals surface area contributed by atoms with Crippen LogP contribution in [0.5, 0.6) is 0 Å². The third-order valence-corrected chi connectivity index (χ3v) is 4.86. The highest BCUT2D eigenvalue weighted by Crippen LogP contribution is 2.39. The van der Waals surface area contributed by atoms with E-state index >= 15 is 0 Å². The van der Waals surface area contributed by atoms with E-state index in [0.717, 1.165) is 38.7 Å². The summed E-state index contributed by atoms with van der Waals surface area (Å²) in [6.07, 6.45) is 4.98. The van der Waals surface area contributed by atoms with Crippen LogP contribution in [0.25, 0.3) is 0 Å². The fraction of sp³-hybridized carbons (Fsp3) is 0.933. The van der Waals surface area contributed by atoms with Crippen molar-refractivity contribution in [2.24, 2.45) is 11.3 Å². The normalized spacial score (nSPS) is 38.1. The van der Waals surface area contributed by atoms with Crippen LogP contribution in [-0.2, 0) is 19.0 Å². The Bertz CT molecular complexity index is 342. The summed E-state index contributed by atoms with van der Waals surface area (Å²) in [4.78, 5) is 12.2. The Morgan fingerprint density at radius 3 is 2.63 bits per heavy atom. The summed E-state index contributed by atoms with van der Waals surface area (Å²) >= 11 is 0. The zero-order valence-corrected chi connectivity index (χ0v) is 11.9. The second-order valence-electron chi connectivity index (χ2n) is 6.91. The van der Waals surface area contributed by atoms with E-state index in [4.69, 9.17) is 14.2 Å². The molecule has 0 spiro atoms. The third-order valence-electron chi connectivity index (χ3n) is 4.86. The maximum Gasteiger partial charge on any atom is 0.309 e. The second kappa shape index (κ2) is 5.06. The van der Waals surface area contributed by atoms with Crippen LogP contribution in [0.2, 0.25) is 0 Å². The lowest BCUT2D eigenvalue weighted by molar-refractivity contribution is -0.160. The Labute approximate surface area is 114 Å². The number of fused-ring (bicyclic) bond motifs is 1. The van der Waals surface area contributed by atoms with Crippen molar-refractivity contribution >= 4 is 5.97 Å². The van der Waals surface area contributed by atoms with E-state index in [2.05, 4.69) is 13.8 Å². The Kier molecular flexibility index (Phi) is 3.56. The standard InChI is InChI=1S/C15H24O4/c1-15(2)6-3-10(4-7-15)14(16)19-12-9-18-11-5-8-17-13(11)12/h10-13H,3-9H2,1-2H3/t11-,12?,13+/m1/s1. The molecule has 0 aromatic carbocycles. The molecular formula is C15H24O4. The summed E-state index contributed by atoms with van der Waals surface area (Å²) in [7, 11) is 0. The lowest BCUT2D eigenvalue weighted by Crippen LogP contribution is -2.35. The molecule has 4 heteroatoms. The van der Waals surface area contributed by atoms with Gasteiger partial charge in [0.2, 0.25) is 0 Å². The monoisotopic (exact) mass is 268 g/mol. The van der Waals surface area contributed by atoms with Gasteiger partial charge in [0.15, 0.2) is 6.10 Å². The summed E-state index contributed by atoms with van der Waals surface area (Å²) in [5, 5.41) is 0.